The van der Waals surface area contributed by atoms with Crippen molar-refractivity contribution >= 4 is 17.7 Å². The number of carboxylic acids is 1. The van der Waals surface area contributed by atoms with Crippen molar-refractivity contribution < 1.29 is 23.6 Å². The van der Waals surface area contributed by atoms with Gasteiger partial charge in [-0.15, -0.1) is 0 Å². The fourth-order valence-electron chi connectivity index (χ4n) is 2.00. The minimum atomic E-state index is -1.10. The number of anilines is 1. The van der Waals surface area contributed by atoms with Gasteiger partial charge in [0.1, 0.15) is 12.1 Å². The van der Waals surface area contributed by atoms with Gasteiger partial charge >= 0.3 is 5.97 Å². The van der Waals surface area contributed by atoms with E-state index in [0.717, 1.165) is 0 Å². The zero-order valence-corrected chi connectivity index (χ0v) is 11.0. The monoisotopic (exact) mass is 292 g/mol. The summed E-state index contributed by atoms with van der Waals surface area (Å²) in [6.07, 6.45) is 0.786. The molecule has 1 atom stereocenters. The molecule has 2 aromatic rings. The van der Waals surface area contributed by atoms with Gasteiger partial charge in [-0.1, -0.05) is 23.4 Å². The SMILES string of the molecule is O=C(O)CC(CC(=O)Nc1ccon1)c1ccccc1F. The van der Waals surface area contributed by atoms with E-state index in [1.54, 1.807) is 6.07 Å². The first-order chi connectivity index (χ1) is 10.1. The van der Waals surface area contributed by atoms with Crippen molar-refractivity contribution in [1.29, 1.82) is 0 Å². The number of benzene rings is 1. The summed E-state index contributed by atoms with van der Waals surface area (Å²) < 4.78 is 18.3. The summed E-state index contributed by atoms with van der Waals surface area (Å²) in [5.74, 6) is -2.62. The molecular formula is C14H13FN2O4. The third-order valence-corrected chi connectivity index (χ3v) is 2.90. The van der Waals surface area contributed by atoms with Gasteiger partial charge in [-0.2, -0.15) is 0 Å². The van der Waals surface area contributed by atoms with Crippen molar-refractivity contribution in [2.45, 2.75) is 18.8 Å². The number of aromatic nitrogens is 1. The molecule has 6 nitrogen and oxygen atoms in total. The van der Waals surface area contributed by atoms with Gasteiger partial charge < -0.3 is 14.9 Å². The molecule has 2 rings (SSSR count). The van der Waals surface area contributed by atoms with Crippen LogP contribution in [-0.2, 0) is 9.59 Å². The molecule has 0 bridgehead atoms. The highest BCUT2D eigenvalue weighted by Gasteiger charge is 2.22. The fourth-order valence-corrected chi connectivity index (χ4v) is 2.00. The number of hydrogen-bond donors (Lipinski definition) is 2. The van der Waals surface area contributed by atoms with E-state index < -0.39 is 23.6 Å². The number of carbonyl (C=O) groups excluding carboxylic acids is 1. The summed E-state index contributed by atoms with van der Waals surface area (Å²) in [7, 11) is 0. The third kappa shape index (κ3) is 4.13. The molecule has 0 aliphatic rings. The van der Waals surface area contributed by atoms with Gasteiger partial charge in [-0.3, -0.25) is 9.59 Å². The van der Waals surface area contributed by atoms with Crippen molar-refractivity contribution in [2.24, 2.45) is 0 Å². The Labute approximate surface area is 119 Å². The molecule has 1 unspecified atom stereocenters. The minimum absolute atomic E-state index is 0.167. The van der Waals surface area contributed by atoms with Crippen LogP contribution in [0.5, 0.6) is 0 Å². The fraction of sp³-hybridized carbons (Fsp3) is 0.214. The Morgan fingerprint density at radius 3 is 2.67 bits per heavy atom. The van der Waals surface area contributed by atoms with Gasteiger partial charge in [0.15, 0.2) is 5.82 Å². The molecule has 2 N–H and O–H groups in total. The second-order valence-corrected chi connectivity index (χ2v) is 4.45. The maximum absolute atomic E-state index is 13.8. The molecule has 0 spiro atoms. The van der Waals surface area contributed by atoms with E-state index in [4.69, 9.17) is 5.11 Å². The normalized spacial score (nSPS) is 11.9. The molecule has 0 radical (unpaired) electrons. The Kier molecular flexibility index (Phi) is 4.65. The summed E-state index contributed by atoms with van der Waals surface area (Å²) in [6, 6.07) is 7.27. The van der Waals surface area contributed by atoms with Crippen LogP contribution >= 0.6 is 0 Å². The zero-order chi connectivity index (χ0) is 15.2. The summed E-state index contributed by atoms with van der Waals surface area (Å²) in [5.41, 5.74) is 0.204. The van der Waals surface area contributed by atoms with Crippen LogP contribution in [0.15, 0.2) is 41.1 Å². The van der Waals surface area contributed by atoms with Crippen molar-refractivity contribution in [1.82, 2.24) is 5.16 Å². The van der Waals surface area contributed by atoms with Gasteiger partial charge in [0.05, 0.1) is 6.42 Å². The van der Waals surface area contributed by atoms with Gasteiger partial charge in [0.25, 0.3) is 0 Å². The van der Waals surface area contributed by atoms with Crippen LogP contribution in [0.4, 0.5) is 10.2 Å². The predicted octanol–water partition coefficient (Wildman–Crippen LogP) is 2.40. The minimum Gasteiger partial charge on any atom is -0.481 e. The van der Waals surface area contributed by atoms with Crippen molar-refractivity contribution in [3.63, 3.8) is 0 Å². The Morgan fingerprint density at radius 2 is 2.05 bits per heavy atom. The largest absolute Gasteiger partial charge is 0.481 e. The van der Waals surface area contributed by atoms with Gasteiger partial charge in [-0.25, -0.2) is 4.39 Å². The number of hydrogen-bond acceptors (Lipinski definition) is 4. The van der Waals surface area contributed by atoms with Crippen molar-refractivity contribution in [3.05, 3.63) is 48.0 Å². The van der Waals surface area contributed by atoms with E-state index >= 15 is 0 Å². The third-order valence-electron chi connectivity index (χ3n) is 2.90. The quantitative estimate of drug-likeness (QED) is 0.852. The first-order valence-corrected chi connectivity index (χ1v) is 6.22. The van der Waals surface area contributed by atoms with Gasteiger partial charge in [0, 0.05) is 18.4 Å². The second kappa shape index (κ2) is 6.65. The van der Waals surface area contributed by atoms with E-state index in [1.165, 1.54) is 30.5 Å². The molecule has 0 aliphatic carbocycles. The van der Waals surface area contributed by atoms with E-state index in [-0.39, 0.29) is 24.2 Å². The number of carbonyl (C=O) groups is 2. The number of carboxylic acid groups (broad SMARTS) is 1. The Hall–Kier alpha value is -2.70. The Balaban J connectivity index is 2.11. The summed E-state index contributed by atoms with van der Waals surface area (Å²) in [6.45, 7) is 0. The lowest BCUT2D eigenvalue weighted by atomic mass is 9.91. The van der Waals surface area contributed by atoms with E-state index in [1.807, 2.05) is 0 Å². The first-order valence-electron chi connectivity index (χ1n) is 6.22. The highest BCUT2D eigenvalue weighted by Crippen LogP contribution is 2.26. The summed E-state index contributed by atoms with van der Waals surface area (Å²) in [4.78, 5) is 22.8. The molecule has 1 amide bonds. The van der Waals surface area contributed by atoms with E-state index in [2.05, 4.69) is 15.0 Å². The number of halogens is 1. The highest BCUT2D eigenvalue weighted by molar-refractivity contribution is 5.90. The topological polar surface area (TPSA) is 92.4 Å². The molecule has 21 heavy (non-hydrogen) atoms. The Bertz CT molecular complexity index is 628. The maximum Gasteiger partial charge on any atom is 0.303 e. The summed E-state index contributed by atoms with van der Waals surface area (Å²) >= 11 is 0. The van der Waals surface area contributed by atoms with Crippen LogP contribution in [-0.4, -0.2) is 22.1 Å². The second-order valence-electron chi connectivity index (χ2n) is 4.45. The number of amides is 1. The van der Waals surface area contributed by atoms with Crippen LogP contribution in [0.25, 0.3) is 0 Å². The van der Waals surface area contributed by atoms with Crippen LogP contribution in [0.2, 0.25) is 0 Å². The zero-order valence-electron chi connectivity index (χ0n) is 11.0. The molecule has 1 heterocycles. The summed E-state index contributed by atoms with van der Waals surface area (Å²) in [5, 5.41) is 14.9. The standard InChI is InChI=1S/C14H13FN2O4/c15-11-4-2-1-3-10(11)9(8-14(19)20)7-13(18)16-12-5-6-21-17-12/h1-6,9H,7-8H2,(H,19,20)(H,16,17,18). The molecule has 7 heteroatoms. The molecule has 1 aromatic carbocycles. The number of nitrogens with one attached hydrogen (secondary N) is 1. The number of aliphatic carboxylic acids is 1. The lowest BCUT2D eigenvalue weighted by Gasteiger charge is -2.15. The molecule has 0 saturated heterocycles. The van der Waals surface area contributed by atoms with Gasteiger partial charge in [-0.05, 0) is 11.6 Å². The lowest BCUT2D eigenvalue weighted by molar-refractivity contribution is -0.137. The maximum atomic E-state index is 13.8. The molecule has 0 fully saturated rings. The average Bonchev–Trinajstić information content (AvgIpc) is 2.90. The Morgan fingerprint density at radius 1 is 1.29 bits per heavy atom. The van der Waals surface area contributed by atoms with Crippen LogP contribution in [0.3, 0.4) is 0 Å². The highest BCUT2D eigenvalue weighted by atomic mass is 19.1. The molecule has 110 valence electrons. The molecule has 0 saturated carbocycles. The molecule has 0 aliphatic heterocycles. The van der Waals surface area contributed by atoms with Crippen LogP contribution in [0.1, 0.15) is 24.3 Å². The molecule has 1 aromatic heterocycles. The number of rotatable bonds is 6. The lowest BCUT2D eigenvalue weighted by Crippen LogP contribution is -2.18. The smallest absolute Gasteiger partial charge is 0.303 e. The predicted molar refractivity (Wildman–Crippen MR) is 71.1 cm³/mol. The first kappa shape index (κ1) is 14.7. The average molecular weight is 292 g/mol. The van der Waals surface area contributed by atoms with Crippen molar-refractivity contribution in [2.75, 3.05) is 5.32 Å². The van der Waals surface area contributed by atoms with Gasteiger partial charge in [0.2, 0.25) is 5.91 Å². The number of nitrogens with zero attached hydrogens (tertiary/aromatic N) is 1. The van der Waals surface area contributed by atoms with E-state index in [9.17, 15) is 14.0 Å². The van der Waals surface area contributed by atoms with E-state index in [0.29, 0.717) is 0 Å². The van der Waals surface area contributed by atoms with Crippen LogP contribution in [0, 0.1) is 5.82 Å². The van der Waals surface area contributed by atoms with Crippen molar-refractivity contribution in [3.8, 4) is 0 Å². The van der Waals surface area contributed by atoms with Crippen LogP contribution < -0.4 is 5.32 Å². The molecular weight excluding hydrogens is 279 g/mol.